The smallest absolute Gasteiger partial charge is 0.239 e. The van der Waals surface area contributed by atoms with E-state index < -0.39 is 5.41 Å². The van der Waals surface area contributed by atoms with E-state index in [-0.39, 0.29) is 0 Å². The van der Waals surface area contributed by atoms with E-state index in [0.717, 1.165) is 60.3 Å². The van der Waals surface area contributed by atoms with Gasteiger partial charge in [-0.15, -0.1) is 0 Å². The van der Waals surface area contributed by atoms with Crippen LogP contribution in [0.4, 0.5) is 0 Å². The van der Waals surface area contributed by atoms with Crippen molar-refractivity contribution in [1.82, 2.24) is 24.1 Å². The van der Waals surface area contributed by atoms with Gasteiger partial charge in [-0.1, -0.05) is 152 Å². The maximum atomic E-state index is 5.60. The Morgan fingerprint density at radius 3 is 1.12 bits per heavy atom. The van der Waals surface area contributed by atoms with Crippen molar-refractivity contribution < 1.29 is 0 Å². The highest BCUT2D eigenvalue weighted by molar-refractivity contribution is 6.10. The number of aromatic nitrogens is 5. The van der Waals surface area contributed by atoms with Crippen LogP contribution in [0.1, 0.15) is 22.5 Å². The van der Waals surface area contributed by atoms with Crippen molar-refractivity contribution >= 4 is 43.6 Å². The summed E-state index contributed by atoms with van der Waals surface area (Å²) in [7, 11) is 0. The zero-order valence-corrected chi connectivity index (χ0v) is 27.5. The molecule has 0 aliphatic heterocycles. The van der Waals surface area contributed by atoms with E-state index in [1.807, 2.05) is 0 Å². The maximum Gasteiger partial charge on any atom is 0.239 e. The van der Waals surface area contributed by atoms with Gasteiger partial charge in [0.05, 0.1) is 22.1 Å². The normalized spacial score (nSPS) is 13.3. The fourth-order valence-corrected chi connectivity index (χ4v) is 8.60. The Morgan fingerprint density at radius 1 is 0.333 bits per heavy atom. The van der Waals surface area contributed by atoms with Gasteiger partial charge in [0.1, 0.15) is 5.41 Å². The van der Waals surface area contributed by atoms with Gasteiger partial charge in [-0.05, 0) is 52.1 Å². The topological polar surface area (TPSA) is 48.5 Å². The van der Waals surface area contributed by atoms with Crippen molar-refractivity contribution in [2.45, 2.75) is 5.41 Å². The molecule has 5 heteroatoms. The van der Waals surface area contributed by atoms with Crippen LogP contribution in [-0.2, 0) is 5.41 Å². The third kappa shape index (κ3) is 3.77. The molecule has 0 saturated carbocycles. The standard InChI is InChI=1S/C46H29N5/c1-2-16-30(17-3-1)46(37-24-10-4-18-31(37)32-19-5-11-25-38(32)46)43-47-44(50-39-26-12-6-20-33(39)34-21-7-13-27-40(34)50)49-45(48-43)51-41-28-14-8-22-35(41)36-23-9-15-29-42(36)51/h1-29H. The number of para-hydroxylation sites is 4. The van der Waals surface area contributed by atoms with Crippen LogP contribution >= 0.6 is 0 Å². The second kappa shape index (κ2) is 10.6. The summed E-state index contributed by atoms with van der Waals surface area (Å²) < 4.78 is 4.41. The molecule has 3 aromatic heterocycles. The summed E-state index contributed by atoms with van der Waals surface area (Å²) in [4.78, 5) is 16.6. The Morgan fingerprint density at radius 2 is 0.686 bits per heavy atom. The van der Waals surface area contributed by atoms with Gasteiger partial charge in [0.25, 0.3) is 0 Å². The highest BCUT2D eigenvalue weighted by Crippen LogP contribution is 2.55. The molecule has 51 heavy (non-hydrogen) atoms. The van der Waals surface area contributed by atoms with E-state index in [2.05, 4.69) is 185 Å². The van der Waals surface area contributed by atoms with E-state index in [4.69, 9.17) is 15.0 Å². The lowest BCUT2D eigenvalue weighted by molar-refractivity contribution is 0.674. The van der Waals surface area contributed by atoms with Crippen LogP contribution in [0.2, 0.25) is 0 Å². The number of rotatable bonds is 4. The van der Waals surface area contributed by atoms with Crippen molar-refractivity contribution in [2.75, 3.05) is 0 Å². The average Bonchev–Trinajstić information content (AvgIpc) is 3.83. The first-order chi connectivity index (χ1) is 25.3. The Bertz CT molecular complexity index is 2700. The largest absolute Gasteiger partial charge is 0.278 e. The lowest BCUT2D eigenvalue weighted by Crippen LogP contribution is -2.32. The van der Waals surface area contributed by atoms with Gasteiger partial charge < -0.3 is 0 Å². The first kappa shape index (κ1) is 28.0. The Hall–Kier alpha value is -6.85. The summed E-state index contributed by atoms with van der Waals surface area (Å²) in [5.74, 6) is 1.83. The molecule has 0 fully saturated rings. The highest BCUT2D eigenvalue weighted by Gasteiger charge is 2.49. The maximum absolute atomic E-state index is 5.60. The predicted octanol–water partition coefficient (Wildman–Crippen LogP) is 10.4. The average molecular weight is 652 g/mol. The Kier molecular flexibility index (Phi) is 5.81. The van der Waals surface area contributed by atoms with Crippen molar-refractivity contribution in [2.24, 2.45) is 0 Å². The first-order valence-corrected chi connectivity index (χ1v) is 17.3. The van der Waals surface area contributed by atoms with E-state index in [9.17, 15) is 0 Å². The minimum Gasteiger partial charge on any atom is -0.278 e. The summed E-state index contributed by atoms with van der Waals surface area (Å²) in [6.07, 6.45) is 0. The molecule has 5 nitrogen and oxygen atoms in total. The van der Waals surface area contributed by atoms with Crippen molar-refractivity contribution in [1.29, 1.82) is 0 Å². The van der Waals surface area contributed by atoms with Gasteiger partial charge in [-0.25, -0.2) is 0 Å². The summed E-state index contributed by atoms with van der Waals surface area (Å²) in [5.41, 5.74) is 9.18. The van der Waals surface area contributed by atoms with E-state index in [1.165, 1.54) is 11.1 Å². The quantitative estimate of drug-likeness (QED) is 0.190. The summed E-state index contributed by atoms with van der Waals surface area (Å²) >= 11 is 0. The Labute approximate surface area is 293 Å². The molecule has 0 N–H and O–H groups in total. The molecule has 3 heterocycles. The molecule has 1 aliphatic rings. The molecule has 7 aromatic carbocycles. The predicted molar refractivity (Wildman–Crippen MR) is 206 cm³/mol. The van der Waals surface area contributed by atoms with Gasteiger partial charge in [0, 0.05) is 21.5 Å². The lowest BCUT2D eigenvalue weighted by atomic mass is 9.71. The van der Waals surface area contributed by atoms with Crippen LogP contribution < -0.4 is 0 Å². The van der Waals surface area contributed by atoms with Gasteiger partial charge in [-0.2, -0.15) is 15.0 Å². The summed E-state index contributed by atoms with van der Waals surface area (Å²) in [6, 6.07) is 62.2. The minimum absolute atomic E-state index is 0.575. The monoisotopic (exact) mass is 651 g/mol. The molecule has 0 radical (unpaired) electrons. The van der Waals surface area contributed by atoms with Gasteiger partial charge in [0.2, 0.25) is 11.9 Å². The van der Waals surface area contributed by atoms with Gasteiger partial charge in [-0.3, -0.25) is 9.13 Å². The highest BCUT2D eigenvalue weighted by atomic mass is 15.3. The lowest BCUT2D eigenvalue weighted by Gasteiger charge is -2.32. The fraction of sp³-hybridized carbons (Fsp3) is 0.0217. The molecule has 0 amide bonds. The van der Waals surface area contributed by atoms with Gasteiger partial charge in [0.15, 0.2) is 5.82 Å². The molecule has 11 rings (SSSR count). The third-order valence-electron chi connectivity index (χ3n) is 10.7. The van der Waals surface area contributed by atoms with Crippen molar-refractivity contribution in [3.05, 3.63) is 198 Å². The molecule has 10 aromatic rings. The molecule has 0 atom stereocenters. The SMILES string of the molecule is c1ccc(C2(c3nc(-n4c5ccccc5c5ccccc54)nc(-n4c5ccccc5c5ccccc54)n3)c3ccccc3-c3ccccc32)cc1. The summed E-state index contributed by atoms with van der Waals surface area (Å²) in [6.45, 7) is 0. The van der Waals surface area contributed by atoms with E-state index in [0.29, 0.717) is 17.7 Å². The zero-order valence-electron chi connectivity index (χ0n) is 27.5. The van der Waals surface area contributed by atoms with Crippen molar-refractivity contribution in [3.63, 3.8) is 0 Å². The van der Waals surface area contributed by atoms with Gasteiger partial charge >= 0.3 is 0 Å². The Balaban J connectivity index is 1.34. The molecule has 0 saturated heterocycles. The zero-order chi connectivity index (χ0) is 33.5. The second-order valence-corrected chi connectivity index (χ2v) is 13.2. The molecular weight excluding hydrogens is 623 g/mol. The van der Waals surface area contributed by atoms with Crippen LogP contribution in [-0.4, -0.2) is 24.1 Å². The number of benzene rings is 7. The first-order valence-electron chi connectivity index (χ1n) is 17.3. The number of hydrogen-bond acceptors (Lipinski definition) is 3. The summed E-state index contributed by atoms with van der Waals surface area (Å²) in [5, 5.41) is 4.62. The molecular formula is C46H29N5. The number of hydrogen-bond donors (Lipinski definition) is 0. The van der Waals surface area contributed by atoms with Crippen LogP contribution in [0.3, 0.4) is 0 Å². The molecule has 0 unspecified atom stereocenters. The van der Waals surface area contributed by atoms with Crippen LogP contribution in [0, 0.1) is 0 Å². The van der Waals surface area contributed by atoms with Crippen LogP contribution in [0.25, 0.3) is 66.6 Å². The van der Waals surface area contributed by atoms with E-state index in [1.54, 1.807) is 0 Å². The number of fused-ring (bicyclic) bond motifs is 9. The fourth-order valence-electron chi connectivity index (χ4n) is 8.60. The molecule has 238 valence electrons. The van der Waals surface area contributed by atoms with Crippen LogP contribution in [0.15, 0.2) is 176 Å². The second-order valence-electron chi connectivity index (χ2n) is 13.2. The van der Waals surface area contributed by atoms with Crippen molar-refractivity contribution in [3.8, 4) is 23.0 Å². The number of nitrogens with zero attached hydrogens (tertiary/aromatic N) is 5. The molecule has 0 spiro atoms. The minimum atomic E-state index is -0.807. The van der Waals surface area contributed by atoms with Crippen LogP contribution in [0.5, 0.6) is 0 Å². The third-order valence-corrected chi connectivity index (χ3v) is 10.7. The molecule has 1 aliphatic carbocycles. The van der Waals surface area contributed by atoms with E-state index >= 15 is 0 Å². The molecule has 0 bridgehead atoms.